The van der Waals surface area contributed by atoms with Crippen LogP contribution in [0.2, 0.25) is 15.1 Å². The number of nitrogens with one attached hydrogen (secondary N) is 1. The van der Waals surface area contributed by atoms with Gasteiger partial charge in [0.2, 0.25) is 0 Å². The molecule has 0 radical (unpaired) electrons. The Balaban J connectivity index is 1.38. The van der Waals surface area contributed by atoms with Crippen molar-refractivity contribution >= 4 is 51.6 Å². The van der Waals surface area contributed by atoms with Gasteiger partial charge >= 0.3 is 0 Å². The van der Waals surface area contributed by atoms with Gasteiger partial charge in [0.1, 0.15) is 17.2 Å². The molecule has 2 unspecified atom stereocenters. The van der Waals surface area contributed by atoms with E-state index in [9.17, 15) is 14.3 Å². The average Bonchev–Trinajstić information content (AvgIpc) is 3.74. The van der Waals surface area contributed by atoms with Crippen molar-refractivity contribution in [3.05, 3.63) is 104 Å². The van der Waals surface area contributed by atoms with Gasteiger partial charge < -0.3 is 10.4 Å². The summed E-state index contributed by atoms with van der Waals surface area (Å²) in [5.41, 5.74) is 0.277. The van der Waals surface area contributed by atoms with Gasteiger partial charge in [0.05, 0.1) is 32.4 Å². The molecule has 1 amide bonds. The summed E-state index contributed by atoms with van der Waals surface area (Å²) in [5, 5.41) is 19.5. The van der Waals surface area contributed by atoms with Crippen LogP contribution in [0, 0.1) is 17.6 Å². The summed E-state index contributed by atoms with van der Waals surface area (Å²) in [6, 6.07) is 7.23. The molecule has 6 nitrogen and oxygen atoms in total. The zero-order valence-corrected chi connectivity index (χ0v) is 26.2. The Morgan fingerprint density at radius 2 is 1.86 bits per heavy atom. The Morgan fingerprint density at radius 1 is 1.09 bits per heavy atom. The summed E-state index contributed by atoms with van der Waals surface area (Å²) in [5.74, 6) is -2.65. The number of aromatic nitrogens is 3. The molecule has 2 aromatic carbocycles. The molecule has 4 aromatic rings. The van der Waals surface area contributed by atoms with Gasteiger partial charge in [0.15, 0.2) is 0 Å². The SMILES string of the molecule is CC(C)(O)c1cc(C(CNC(=O)c2cc(Cl)c3nn(C4CC4)cc3c2)C2C=CC=CC2)nc(-c2cc(Cl)c(F)cc2F)c1Cl. The summed E-state index contributed by atoms with van der Waals surface area (Å²) >= 11 is 19.2. The first kappa shape index (κ1) is 30.7. The van der Waals surface area contributed by atoms with Crippen LogP contribution in [0.4, 0.5) is 8.78 Å². The van der Waals surface area contributed by atoms with E-state index in [1.807, 2.05) is 35.2 Å². The molecule has 2 aliphatic rings. The Kier molecular flexibility index (Phi) is 8.30. The molecule has 2 aromatic heterocycles. The van der Waals surface area contributed by atoms with E-state index in [2.05, 4.69) is 10.4 Å². The highest BCUT2D eigenvalue weighted by atomic mass is 35.5. The first-order valence-corrected chi connectivity index (χ1v) is 15.4. The Morgan fingerprint density at radius 3 is 2.55 bits per heavy atom. The molecule has 6 rings (SSSR count). The van der Waals surface area contributed by atoms with Crippen LogP contribution in [0.25, 0.3) is 22.2 Å². The van der Waals surface area contributed by atoms with E-state index < -0.39 is 23.2 Å². The van der Waals surface area contributed by atoms with Gasteiger partial charge in [-0.25, -0.2) is 8.78 Å². The first-order chi connectivity index (χ1) is 20.9. The van der Waals surface area contributed by atoms with E-state index >= 15 is 4.39 Å². The standard InChI is InChI=1S/C33H29Cl3F2N4O2/c1-33(2,44)23-13-28(40-31(29(23)36)21-12-24(34)27(38)14-26(21)37)22(17-6-4-3-5-7-17)15-39-32(43)18-10-19-16-42(20-8-9-20)41-30(19)25(35)11-18/h3-6,10-14,16-17,20,22,44H,7-9,15H2,1-2H3,(H,39,43). The van der Waals surface area contributed by atoms with Crippen LogP contribution in [0.1, 0.15) is 66.7 Å². The highest BCUT2D eigenvalue weighted by Gasteiger charge is 2.31. The molecule has 2 heterocycles. The van der Waals surface area contributed by atoms with Crippen molar-refractivity contribution in [1.29, 1.82) is 0 Å². The fourth-order valence-electron chi connectivity index (χ4n) is 5.51. The van der Waals surface area contributed by atoms with Crippen LogP contribution in [0.3, 0.4) is 0 Å². The van der Waals surface area contributed by atoms with Gasteiger partial charge in [0, 0.05) is 52.5 Å². The molecule has 44 heavy (non-hydrogen) atoms. The molecular formula is C33H29Cl3F2N4O2. The minimum atomic E-state index is -1.43. The first-order valence-electron chi connectivity index (χ1n) is 14.3. The molecule has 0 aliphatic heterocycles. The molecule has 2 aliphatic carbocycles. The van der Waals surface area contributed by atoms with Crippen molar-refractivity contribution in [2.45, 2.75) is 50.7 Å². The highest BCUT2D eigenvalue weighted by Crippen LogP contribution is 2.41. The number of hydrogen-bond acceptors (Lipinski definition) is 4. The maximum atomic E-state index is 15.1. The van der Waals surface area contributed by atoms with Crippen molar-refractivity contribution in [1.82, 2.24) is 20.1 Å². The number of hydrogen-bond donors (Lipinski definition) is 2. The minimum absolute atomic E-state index is 0.0113. The van der Waals surface area contributed by atoms with Gasteiger partial charge in [-0.2, -0.15) is 5.10 Å². The Bertz CT molecular complexity index is 1840. The molecule has 11 heteroatoms. The number of allylic oxidation sites excluding steroid dienone is 4. The van der Waals surface area contributed by atoms with Gasteiger partial charge in [-0.05, 0) is 63.3 Å². The lowest BCUT2D eigenvalue weighted by Crippen LogP contribution is -2.32. The largest absolute Gasteiger partial charge is 0.386 e. The zero-order chi connectivity index (χ0) is 31.3. The number of amides is 1. The third kappa shape index (κ3) is 6.13. The number of nitrogens with zero attached hydrogens (tertiary/aromatic N) is 3. The normalized spacial score (nSPS) is 17.3. The third-order valence-corrected chi connectivity index (χ3v) is 9.02. The molecular weight excluding hydrogens is 629 g/mol. The van der Waals surface area contributed by atoms with Crippen molar-refractivity contribution in [3.63, 3.8) is 0 Å². The second-order valence-electron chi connectivity index (χ2n) is 11.8. The predicted octanol–water partition coefficient (Wildman–Crippen LogP) is 8.54. The smallest absolute Gasteiger partial charge is 0.251 e. The van der Waals surface area contributed by atoms with E-state index in [0.717, 1.165) is 24.3 Å². The van der Waals surface area contributed by atoms with E-state index in [4.69, 9.17) is 39.8 Å². The topological polar surface area (TPSA) is 80.0 Å². The van der Waals surface area contributed by atoms with Crippen LogP contribution in [0.15, 0.2) is 60.8 Å². The molecule has 0 saturated heterocycles. The number of fused-ring (bicyclic) bond motifs is 1. The van der Waals surface area contributed by atoms with Crippen LogP contribution in [0.5, 0.6) is 0 Å². The number of pyridine rings is 1. The summed E-state index contributed by atoms with van der Waals surface area (Å²) in [6.07, 6.45) is 12.6. The fourth-order valence-corrected chi connectivity index (χ4v) is 6.37. The quantitative estimate of drug-likeness (QED) is 0.186. The Hall–Kier alpha value is -3.30. The van der Waals surface area contributed by atoms with Crippen LogP contribution < -0.4 is 5.32 Å². The lowest BCUT2D eigenvalue weighted by atomic mass is 9.82. The molecule has 1 saturated carbocycles. The lowest BCUT2D eigenvalue weighted by Gasteiger charge is -2.28. The average molecular weight is 658 g/mol. The molecule has 2 atom stereocenters. The van der Waals surface area contributed by atoms with E-state index in [0.29, 0.717) is 45.9 Å². The fraction of sp³-hybridized carbons (Fsp3) is 0.303. The third-order valence-electron chi connectivity index (χ3n) is 8.06. The number of aliphatic hydroxyl groups is 1. The van der Waals surface area contributed by atoms with Gasteiger partial charge in [-0.15, -0.1) is 0 Å². The monoisotopic (exact) mass is 656 g/mol. The molecule has 228 valence electrons. The predicted molar refractivity (Wildman–Crippen MR) is 169 cm³/mol. The zero-order valence-electron chi connectivity index (χ0n) is 23.9. The summed E-state index contributed by atoms with van der Waals surface area (Å²) < 4.78 is 31.0. The number of benzene rings is 2. The van der Waals surface area contributed by atoms with Gasteiger partial charge in [0.25, 0.3) is 5.91 Å². The van der Waals surface area contributed by atoms with Crippen molar-refractivity contribution in [2.75, 3.05) is 6.54 Å². The van der Waals surface area contributed by atoms with E-state index in [1.165, 1.54) is 0 Å². The maximum absolute atomic E-state index is 15.1. The lowest BCUT2D eigenvalue weighted by molar-refractivity contribution is 0.0784. The number of rotatable bonds is 8. The highest BCUT2D eigenvalue weighted by molar-refractivity contribution is 6.35. The van der Waals surface area contributed by atoms with Crippen molar-refractivity contribution < 1.29 is 18.7 Å². The van der Waals surface area contributed by atoms with E-state index in [1.54, 1.807) is 32.0 Å². The minimum Gasteiger partial charge on any atom is -0.386 e. The van der Waals surface area contributed by atoms with Crippen molar-refractivity contribution in [2.24, 2.45) is 5.92 Å². The van der Waals surface area contributed by atoms with Crippen LogP contribution in [-0.2, 0) is 5.60 Å². The second-order valence-corrected chi connectivity index (χ2v) is 13.0. The van der Waals surface area contributed by atoms with Crippen LogP contribution >= 0.6 is 34.8 Å². The van der Waals surface area contributed by atoms with E-state index in [-0.39, 0.29) is 39.7 Å². The number of carbonyl (C=O) groups excluding carboxylic acids is 1. The second kappa shape index (κ2) is 11.9. The summed E-state index contributed by atoms with van der Waals surface area (Å²) in [6.45, 7) is 3.27. The Labute approximate surface area is 268 Å². The number of carbonyl (C=O) groups is 1. The van der Waals surface area contributed by atoms with Crippen LogP contribution in [-0.4, -0.2) is 32.3 Å². The van der Waals surface area contributed by atoms with Crippen molar-refractivity contribution in [3.8, 4) is 11.3 Å². The summed E-state index contributed by atoms with van der Waals surface area (Å²) in [4.78, 5) is 18.2. The molecule has 1 fully saturated rings. The number of halogens is 5. The molecule has 2 N–H and O–H groups in total. The maximum Gasteiger partial charge on any atom is 0.251 e. The van der Waals surface area contributed by atoms with Gasteiger partial charge in [-0.3, -0.25) is 14.5 Å². The summed E-state index contributed by atoms with van der Waals surface area (Å²) in [7, 11) is 0. The molecule has 0 bridgehead atoms. The molecule has 0 spiro atoms. The van der Waals surface area contributed by atoms with Gasteiger partial charge in [-0.1, -0.05) is 59.1 Å².